The van der Waals surface area contributed by atoms with Crippen LogP contribution in [0.4, 0.5) is 0 Å². The molecule has 0 heterocycles. The monoisotopic (exact) mass is 467 g/mol. The minimum atomic E-state index is 0. The van der Waals surface area contributed by atoms with Crippen molar-refractivity contribution < 1.29 is 19.3 Å². The molecule has 0 aliphatic heterocycles. The smallest absolute Gasteiger partial charge is 0.191 e. The van der Waals surface area contributed by atoms with Crippen molar-refractivity contribution in [3.05, 3.63) is 23.8 Å². The maximum absolute atomic E-state index is 9.90. The number of halogens is 1. The second kappa shape index (κ2) is 15.0. The van der Waals surface area contributed by atoms with Gasteiger partial charge < -0.3 is 30.0 Å². The average Bonchev–Trinajstić information content (AvgIpc) is 2.60. The first-order valence-corrected chi connectivity index (χ1v) is 8.16. The molecule has 0 amide bonds. The molecule has 0 saturated heterocycles. The largest absolute Gasteiger partial charge is 0.508 e. The van der Waals surface area contributed by atoms with Gasteiger partial charge >= 0.3 is 0 Å². The summed E-state index contributed by atoms with van der Waals surface area (Å²) in [6.07, 6.45) is 0.874. The van der Waals surface area contributed by atoms with Gasteiger partial charge in [0.2, 0.25) is 0 Å². The first-order valence-electron chi connectivity index (χ1n) is 8.16. The van der Waals surface area contributed by atoms with E-state index in [1.54, 1.807) is 32.4 Å². The van der Waals surface area contributed by atoms with Gasteiger partial charge in [0.15, 0.2) is 5.96 Å². The molecular formula is C17H30IN3O4. The maximum atomic E-state index is 9.90. The molecule has 1 aromatic rings. The summed E-state index contributed by atoms with van der Waals surface area (Å²) in [4.78, 5) is 4.49. The van der Waals surface area contributed by atoms with Gasteiger partial charge in [0.1, 0.15) is 11.5 Å². The molecular weight excluding hydrogens is 437 g/mol. The third-order valence-electron chi connectivity index (χ3n) is 3.23. The quantitative estimate of drug-likeness (QED) is 0.200. The van der Waals surface area contributed by atoms with Crippen LogP contribution < -0.4 is 15.4 Å². The molecule has 0 atom stereocenters. The molecule has 0 spiro atoms. The molecule has 0 aliphatic rings. The molecule has 0 radical (unpaired) electrons. The van der Waals surface area contributed by atoms with Gasteiger partial charge in [0.25, 0.3) is 0 Å². The molecule has 7 nitrogen and oxygen atoms in total. The van der Waals surface area contributed by atoms with Crippen molar-refractivity contribution in [2.24, 2.45) is 4.99 Å². The van der Waals surface area contributed by atoms with E-state index in [0.29, 0.717) is 38.1 Å². The molecule has 1 rings (SSSR count). The number of hydrogen-bond donors (Lipinski definition) is 3. The Morgan fingerprint density at radius 2 is 1.96 bits per heavy atom. The van der Waals surface area contributed by atoms with Crippen LogP contribution in [-0.2, 0) is 16.0 Å². The van der Waals surface area contributed by atoms with Crippen molar-refractivity contribution in [3.8, 4) is 11.5 Å². The van der Waals surface area contributed by atoms with E-state index < -0.39 is 0 Å². The van der Waals surface area contributed by atoms with Crippen LogP contribution in [0.2, 0.25) is 0 Å². The third kappa shape index (κ3) is 10.4. The minimum Gasteiger partial charge on any atom is -0.508 e. The van der Waals surface area contributed by atoms with Gasteiger partial charge in [-0.3, -0.25) is 0 Å². The Balaban J connectivity index is 0.00000576. The molecule has 8 heteroatoms. The van der Waals surface area contributed by atoms with Crippen LogP contribution >= 0.6 is 24.0 Å². The number of aliphatic imine (C=N–C) groups is 1. The fourth-order valence-corrected chi connectivity index (χ4v) is 1.95. The zero-order chi connectivity index (χ0) is 17.6. The zero-order valence-electron chi connectivity index (χ0n) is 15.2. The number of nitrogens with zero attached hydrogens (tertiary/aromatic N) is 1. The summed E-state index contributed by atoms with van der Waals surface area (Å²) in [5.41, 5.74) is 0.717. The van der Waals surface area contributed by atoms with E-state index in [1.807, 2.05) is 6.92 Å². The van der Waals surface area contributed by atoms with Crippen molar-refractivity contribution in [1.82, 2.24) is 10.6 Å². The highest BCUT2D eigenvalue weighted by Gasteiger charge is 2.04. The highest BCUT2D eigenvalue weighted by Crippen LogP contribution is 2.23. The predicted octanol–water partition coefficient (Wildman–Crippen LogP) is 2.13. The number of methoxy groups -OCH3 is 2. The summed E-state index contributed by atoms with van der Waals surface area (Å²) in [6, 6.07) is 5.11. The first kappa shape index (κ1) is 23.7. The number of phenols is 1. The van der Waals surface area contributed by atoms with Crippen LogP contribution in [0.1, 0.15) is 18.9 Å². The van der Waals surface area contributed by atoms with Gasteiger partial charge in [0.05, 0.1) is 26.9 Å². The highest BCUT2D eigenvalue weighted by atomic mass is 127. The van der Waals surface area contributed by atoms with E-state index in [1.165, 1.54) is 0 Å². The SMILES string of the molecule is CCNC(=NCc1cc(OC)ccc1O)NCCCOCCOC.I. The van der Waals surface area contributed by atoms with Gasteiger partial charge in [-0.2, -0.15) is 0 Å². The van der Waals surface area contributed by atoms with Crippen molar-refractivity contribution in [1.29, 1.82) is 0 Å². The third-order valence-corrected chi connectivity index (χ3v) is 3.23. The number of aromatic hydroxyl groups is 1. The van der Waals surface area contributed by atoms with Crippen LogP contribution in [0.15, 0.2) is 23.2 Å². The molecule has 0 bridgehead atoms. The van der Waals surface area contributed by atoms with Crippen molar-refractivity contribution >= 4 is 29.9 Å². The predicted molar refractivity (Wildman–Crippen MR) is 110 cm³/mol. The van der Waals surface area contributed by atoms with Crippen molar-refractivity contribution in [2.45, 2.75) is 19.9 Å². The Labute approximate surface area is 167 Å². The lowest BCUT2D eigenvalue weighted by atomic mass is 10.2. The number of hydrogen-bond acceptors (Lipinski definition) is 5. The van der Waals surface area contributed by atoms with Crippen LogP contribution in [-0.4, -0.2) is 58.2 Å². The second-order valence-corrected chi connectivity index (χ2v) is 5.08. The molecule has 0 aromatic heterocycles. The topological polar surface area (TPSA) is 84.3 Å². The lowest BCUT2D eigenvalue weighted by molar-refractivity contribution is 0.0698. The number of ether oxygens (including phenoxy) is 3. The molecule has 0 fully saturated rings. The number of phenolic OH excluding ortho intramolecular Hbond substituents is 1. The summed E-state index contributed by atoms with van der Waals surface area (Å²) < 4.78 is 15.5. The van der Waals surface area contributed by atoms with Crippen molar-refractivity contribution in [3.63, 3.8) is 0 Å². The van der Waals surface area contributed by atoms with E-state index in [0.717, 1.165) is 25.1 Å². The van der Waals surface area contributed by atoms with Crippen LogP contribution in [0.25, 0.3) is 0 Å². The zero-order valence-corrected chi connectivity index (χ0v) is 17.5. The summed E-state index contributed by atoms with van der Waals surface area (Å²) >= 11 is 0. The van der Waals surface area contributed by atoms with E-state index >= 15 is 0 Å². The first-order chi connectivity index (χ1) is 11.7. The molecule has 1 aromatic carbocycles. The van der Waals surface area contributed by atoms with Crippen LogP contribution in [0.5, 0.6) is 11.5 Å². The summed E-state index contributed by atoms with van der Waals surface area (Å²) in [7, 11) is 3.25. The molecule has 0 unspecified atom stereocenters. The Hall–Kier alpha value is -1.26. The van der Waals surface area contributed by atoms with Gasteiger partial charge in [-0.1, -0.05) is 0 Å². The Morgan fingerprint density at radius 3 is 2.64 bits per heavy atom. The van der Waals surface area contributed by atoms with Gasteiger partial charge in [-0.25, -0.2) is 4.99 Å². The van der Waals surface area contributed by atoms with Gasteiger partial charge in [0, 0.05) is 32.4 Å². The Kier molecular flexibility index (Phi) is 14.3. The molecule has 25 heavy (non-hydrogen) atoms. The number of guanidine groups is 1. The number of benzene rings is 1. The molecule has 0 aliphatic carbocycles. The van der Waals surface area contributed by atoms with Crippen LogP contribution in [0, 0.1) is 0 Å². The Morgan fingerprint density at radius 1 is 1.16 bits per heavy atom. The van der Waals surface area contributed by atoms with Gasteiger partial charge in [-0.05, 0) is 31.5 Å². The fourth-order valence-electron chi connectivity index (χ4n) is 1.95. The van der Waals surface area contributed by atoms with Crippen molar-refractivity contribution in [2.75, 3.05) is 47.1 Å². The highest BCUT2D eigenvalue weighted by molar-refractivity contribution is 14.0. The lowest BCUT2D eigenvalue weighted by Gasteiger charge is -2.12. The van der Waals surface area contributed by atoms with E-state index in [2.05, 4.69) is 15.6 Å². The summed E-state index contributed by atoms with van der Waals surface area (Å²) in [6.45, 7) is 5.79. The lowest BCUT2D eigenvalue weighted by Crippen LogP contribution is -2.38. The van der Waals surface area contributed by atoms with Crippen LogP contribution in [0.3, 0.4) is 0 Å². The fraction of sp³-hybridized carbons (Fsp3) is 0.588. The van der Waals surface area contributed by atoms with E-state index in [-0.39, 0.29) is 29.7 Å². The molecule has 3 N–H and O–H groups in total. The maximum Gasteiger partial charge on any atom is 0.191 e. The minimum absolute atomic E-state index is 0. The average molecular weight is 467 g/mol. The summed E-state index contributed by atoms with van der Waals surface area (Å²) in [5, 5.41) is 16.3. The molecule has 0 saturated carbocycles. The summed E-state index contributed by atoms with van der Waals surface area (Å²) in [5.74, 6) is 1.61. The van der Waals surface area contributed by atoms with E-state index in [4.69, 9.17) is 14.2 Å². The number of rotatable bonds is 11. The molecule has 144 valence electrons. The normalized spacial score (nSPS) is 10.9. The standard InChI is InChI=1S/C17H29N3O4.HI/c1-4-18-17(19-8-5-9-24-11-10-22-2)20-13-14-12-15(23-3)6-7-16(14)21;/h6-7,12,21H,4-5,8-11,13H2,1-3H3,(H2,18,19,20);1H. The van der Waals surface area contributed by atoms with Gasteiger partial charge in [-0.15, -0.1) is 24.0 Å². The number of nitrogens with one attached hydrogen (secondary N) is 2. The second-order valence-electron chi connectivity index (χ2n) is 5.08. The Bertz CT molecular complexity index is 501. The van der Waals surface area contributed by atoms with E-state index in [9.17, 15) is 5.11 Å².